The van der Waals surface area contributed by atoms with Crippen LogP contribution in [0, 0.1) is 5.41 Å². The van der Waals surface area contributed by atoms with Crippen LogP contribution in [0.1, 0.15) is 46.0 Å². The summed E-state index contributed by atoms with van der Waals surface area (Å²) in [6.07, 6.45) is 6.40. The predicted molar refractivity (Wildman–Crippen MR) is 56.1 cm³/mol. The van der Waals surface area contributed by atoms with Crippen molar-refractivity contribution in [3.63, 3.8) is 0 Å². The molecule has 1 fully saturated rings. The van der Waals surface area contributed by atoms with Crippen LogP contribution < -0.4 is 5.32 Å². The second-order valence-corrected chi connectivity index (χ2v) is 5.20. The molecule has 0 aromatic carbocycles. The largest absolute Gasteiger partial charge is 0.371 e. The van der Waals surface area contributed by atoms with Crippen LogP contribution in [0.4, 0.5) is 0 Å². The van der Waals surface area contributed by atoms with Crippen molar-refractivity contribution < 1.29 is 0 Å². The number of amidine groups is 1. The summed E-state index contributed by atoms with van der Waals surface area (Å²) in [4.78, 5) is 4.50. The van der Waals surface area contributed by atoms with E-state index in [0.717, 1.165) is 6.54 Å². The van der Waals surface area contributed by atoms with Crippen molar-refractivity contribution in [2.75, 3.05) is 6.54 Å². The van der Waals surface area contributed by atoms with E-state index in [1.165, 1.54) is 37.9 Å². The van der Waals surface area contributed by atoms with Crippen molar-refractivity contribution in [1.29, 1.82) is 0 Å². The van der Waals surface area contributed by atoms with Crippen molar-refractivity contribution in [2.24, 2.45) is 10.4 Å². The zero-order chi connectivity index (χ0) is 9.31. The van der Waals surface area contributed by atoms with E-state index in [4.69, 9.17) is 0 Å². The molecule has 0 aromatic heterocycles. The van der Waals surface area contributed by atoms with Gasteiger partial charge in [0.1, 0.15) is 0 Å². The van der Waals surface area contributed by atoms with E-state index >= 15 is 0 Å². The van der Waals surface area contributed by atoms with Crippen molar-refractivity contribution >= 4 is 5.84 Å². The second-order valence-electron chi connectivity index (χ2n) is 5.20. The average Bonchev–Trinajstić information content (AvgIpc) is 2.03. The molecule has 0 saturated heterocycles. The van der Waals surface area contributed by atoms with Crippen molar-refractivity contribution in [3.8, 4) is 0 Å². The smallest absolute Gasteiger partial charge is 0.0965 e. The highest BCUT2D eigenvalue weighted by molar-refractivity contribution is 5.83. The van der Waals surface area contributed by atoms with Gasteiger partial charge in [-0.25, -0.2) is 0 Å². The number of rotatable bonds is 1. The lowest BCUT2D eigenvalue weighted by molar-refractivity contribution is 0.140. The Bertz CT molecular complexity index is 210. The van der Waals surface area contributed by atoms with E-state index in [0.29, 0.717) is 11.5 Å². The van der Waals surface area contributed by atoms with Crippen LogP contribution >= 0.6 is 0 Å². The summed E-state index contributed by atoms with van der Waals surface area (Å²) in [5.41, 5.74) is 0.576. The van der Waals surface area contributed by atoms with Gasteiger partial charge in [-0.1, -0.05) is 13.8 Å². The molecule has 1 heterocycles. The summed E-state index contributed by atoms with van der Waals surface area (Å²) in [6, 6.07) is 0.715. The van der Waals surface area contributed by atoms with Gasteiger partial charge in [-0.05, 0) is 31.1 Å². The van der Waals surface area contributed by atoms with Gasteiger partial charge in [0.2, 0.25) is 0 Å². The van der Waals surface area contributed by atoms with Crippen molar-refractivity contribution in [1.82, 2.24) is 5.32 Å². The van der Waals surface area contributed by atoms with Crippen LogP contribution in [0.5, 0.6) is 0 Å². The third kappa shape index (κ3) is 2.23. The Morgan fingerprint density at radius 1 is 1.31 bits per heavy atom. The molecule has 1 aliphatic carbocycles. The van der Waals surface area contributed by atoms with E-state index < -0.39 is 0 Å². The summed E-state index contributed by atoms with van der Waals surface area (Å²) in [7, 11) is 0. The third-order valence-electron chi connectivity index (χ3n) is 3.09. The van der Waals surface area contributed by atoms with Gasteiger partial charge in [-0.3, -0.25) is 4.99 Å². The first-order valence-corrected chi connectivity index (χ1v) is 5.46. The number of hydrogen-bond acceptors (Lipinski definition) is 2. The molecule has 1 saturated carbocycles. The fraction of sp³-hybridized carbons (Fsp3) is 0.909. The Morgan fingerprint density at radius 3 is 2.62 bits per heavy atom. The Morgan fingerprint density at radius 2 is 2.08 bits per heavy atom. The van der Waals surface area contributed by atoms with Gasteiger partial charge in [0.05, 0.1) is 5.84 Å². The lowest BCUT2D eigenvalue weighted by atomic mass is 9.68. The Labute approximate surface area is 80.8 Å². The summed E-state index contributed by atoms with van der Waals surface area (Å²) in [6.45, 7) is 5.72. The third-order valence-corrected chi connectivity index (χ3v) is 3.09. The molecule has 0 amide bonds. The number of nitrogens with one attached hydrogen (secondary N) is 1. The Hall–Kier alpha value is -0.530. The van der Waals surface area contributed by atoms with Crippen LogP contribution in [0.25, 0.3) is 0 Å². The molecule has 0 bridgehead atoms. The molecule has 2 rings (SSSR count). The minimum Gasteiger partial charge on any atom is -0.371 e. The molecule has 0 radical (unpaired) electrons. The first-order chi connectivity index (χ1) is 6.16. The fourth-order valence-electron chi connectivity index (χ4n) is 2.43. The average molecular weight is 180 g/mol. The summed E-state index contributed by atoms with van der Waals surface area (Å²) >= 11 is 0. The summed E-state index contributed by atoms with van der Waals surface area (Å²) < 4.78 is 0. The van der Waals surface area contributed by atoms with Crippen LogP contribution in [0.15, 0.2) is 4.99 Å². The molecule has 2 nitrogen and oxygen atoms in total. The molecule has 0 unspecified atom stereocenters. The number of nitrogens with zero attached hydrogens (tertiary/aromatic N) is 1. The standard InChI is InChI=1S/C11H20N2/c1-11(2)7-9(8-11)13-10-5-3-4-6-12-10/h9H,3-8H2,1-2H3,(H,12,13). The highest BCUT2D eigenvalue weighted by Crippen LogP contribution is 2.39. The highest BCUT2D eigenvalue weighted by Gasteiger charge is 2.36. The van der Waals surface area contributed by atoms with Gasteiger partial charge in [-0.15, -0.1) is 0 Å². The molecule has 13 heavy (non-hydrogen) atoms. The molecule has 2 heteroatoms. The number of hydrogen-bond donors (Lipinski definition) is 1. The van der Waals surface area contributed by atoms with Gasteiger partial charge < -0.3 is 5.32 Å². The maximum Gasteiger partial charge on any atom is 0.0965 e. The molecule has 1 N–H and O–H groups in total. The second kappa shape index (κ2) is 3.32. The van der Waals surface area contributed by atoms with Crippen molar-refractivity contribution in [2.45, 2.75) is 52.0 Å². The first-order valence-electron chi connectivity index (χ1n) is 5.46. The molecular formula is C11H20N2. The van der Waals surface area contributed by atoms with E-state index in [9.17, 15) is 0 Å². The van der Waals surface area contributed by atoms with E-state index in [2.05, 4.69) is 24.2 Å². The quantitative estimate of drug-likeness (QED) is 0.658. The topological polar surface area (TPSA) is 24.4 Å². The minimum absolute atomic E-state index is 0.576. The molecular weight excluding hydrogens is 160 g/mol. The van der Waals surface area contributed by atoms with Crippen LogP contribution in [-0.2, 0) is 0 Å². The highest BCUT2D eigenvalue weighted by atomic mass is 15.0. The zero-order valence-electron chi connectivity index (χ0n) is 8.77. The van der Waals surface area contributed by atoms with E-state index in [1.807, 2.05) is 0 Å². The Kier molecular flexibility index (Phi) is 2.31. The SMILES string of the molecule is CC1(C)CC(NC2=NCCCC2)C1. The predicted octanol–water partition coefficient (Wildman–Crippen LogP) is 2.35. The van der Waals surface area contributed by atoms with Crippen molar-refractivity contribution in [3.05, 3.63) is 0 Å². The minimum atomic E-state index is 0.576. The Balaban J connectivity index is 1.77. The lowest BCUT2D eigenvalue weighted by Crippen LogP contribution is -2.48. The first kappa shape index (κ1) is 9.04. The lowest BCUT2D eigenvalue weighted by Gasteiger charge is -2.43. The number of aliphatic imine (C=N–C) groups is 1. The normalized spacial score (nSPS) is 27.7. The fourth-order valence-corrected chi connectivity index (χ4v) is 2.43. The summed E-state index contributed by atoms with van der Waals surface area (Å²) in [5.74, 6) is 1.27. The maximum absolute atomic E-state index is 4.50. The van der Waals surface area contributed by atoms with E-state index in [-0.39, 0.29) is 0 Å². The monoisotopic (exact) mass is 180 g/mol. The van der Waals surface area contributed by atoms with Gasteiger partial charge >= 0.3 is 0 Å². The van der Waals surface area contributed by atoms with Gasteiger partial charge in [0.25, 0.3) is 0 Å². The van der Waals surface area contributed by atoms with Crippen LogP contribution in [0.3, 0.4) is 0 Å². The molecule has 74 valence electrons. The van der Waals surface area contributed by atoms with Crippen LogP contribution in [-0.4, -0.2) is 18.4 Å². The summed E-state index contributed by atoms with van der Waals surface area (Å²) in [5, 5.41) is 3.56. The van der Waals surface area contributed by atoms with E-state index in [1.54, 1.807) is 0 Å². The molecule has 1 aliphatic heterocycles. The maximum atomic E-state index is 4.50. The van der Waals surface area contributed by atoms with Gasteiger partial charge in [0, 0.05) is 19.0 Å². The molecule has 0 aromatic rings. The molecule has 0 atom stereocenters. The molecule has 2 aliphatic rings. The van der Waals surface area contributed by atoms with Gasteiger partial charge in [0.15, 0.2) is 0 Å². The molecule has 0 spiro atoms. The van der Waals surface area contributed by atoms with Crippen LogP contribution in [0.2, 0.25) is 0 Å². The van der Waals surface area contributed by atoms with Gasteiger partial charge in [-0.2, -0.15) is 0 Å². The zero-order valence-corrected chi connectivity index (χ0v) is 8.77.